The van der Waals surface area contributed by atoms with Crippen LogP contribution < -0.4 is 5.32 Å². The summed E-state index contributed by atoms with van der Waals surface area (Å²) in [4.78, 5) is 32.6. The van der Waals surface area contributed by atoms with Crippen LogP contribution in [0.15, 0.2) is 48.7 Å². The number of nitrogens with zero attached hydrogens (tertiary/aromatic N) is 3. The summed E-state index contributed by atoms with van der Waals surface area (Å²) in [6, 6.07) is 11.8. The highest BCUT2D eigenvalue weighted by Crippen LogP contribution is 2.26. The van der Waals surface area contributed by atoms with Crippen molar-refractivity contribution in [3.8, 4) is 0 Å². The van der Waals surface area contributed by atoms with Crippen LogP contribution in [0.4, 0.5) is 10.6 Å². The predicted octanol–water partition coefficient (Wildman–Crippen LogP) is 2.80. The molecule has 1 fully saturated rings. The molecule has 0 spiro atoms. The standard InChI is InChI=1S/C19H21ClN4O3/c1-27-18(25)17(14-5-4-6-15(20)13-14)23-9-11-24(12-10-23)19(26)22-16-7-2-3-8-21-16/h2-8,13,17H,9-12H2,1H3,(H,21,22,26)/t17-/m0/s1. The highest BCUT2D eigenvalue weighted by molar-refractivity contribution is 6.30. The van der Waals surface area contributed by atoms with E-state index in [1.54, 1.807) is 35.4 Å². The van der Waals surface area contributed by atoms with Gasteiger partial charge in [-0.1, -0.05) is 29.8 Å². The number of anilines is 1. The number of ether oxygens (including phenoxy) is 1. The minimum absolute atomic E-state index is 0.203. The third-order valence-electron chi connectivity index (χ3n) is 4.46. The van der Waals surface area contributed by atoms with E-state index in [2.05, 4.69) is 10.3 Å². The Kier molecular flexibility index (Phi) is 6.26. The number of carbonyl (C=O) groups excluding carboxylic acids is 2. The van der Waals surface area contributed by atoms with Gasteiger partial charge in [0.25, 0.3) is 0 Å². The van der Waals surface area contributed by atoms with Crippen molar-refractivity contribution < 1.29 is 14.3 Å². The summed E-state index contributed by atoms with van der Waals surface area (Å²) in [6.07, 6.45) is 1.62. The zero-order chi connectivity index (χ0) is 19.2. The number of rotatable bonds is 4. The van der Waals surface area contributed by atoms with Gasteiger partial charge in [0.2, 0.25) is 0 Å². The number of nitrogens with one attached hydrogen (secondary N) is 1. The molecule has 1 atom stereocenters. The summed E-state index contributed by atoms with van der Waals surface area (Å²) < 4.78 is 4.99. The number of pyridine rings is 1. The molecule has 1 aliphatic heterocycles. The number of carbonyl (C=O) groups is 2. The highest BCUT2D eigenvalue weighted by atomic mass is 35.5. The summed E-state index contributed by atoms with van der Waals surface area (Å²) in [6.45, 7) is 2.07. The molecule has 1 aliphatic rings. The van der Waals surface area contributed by atoms with Gasteiger partial charge in [-0.05, 0) is 29.8 Å². The number of methoxy groups -OCH3 is 1. The molecule has 0 unspecified atom stereocenters. The lowest BCUT2D eigenvalue weighted by molar-refractivity contribution is -0.148. The number of hydrogen-bond donors (Lipinski definition) is 1. The molecule has 1 aromatic carbocycles. The maximum Gasteiger partial charge on any atom is 0.327 e. The van der Waals surface area contributed by atoms with Gasteiger partial charge in [0.1, 0.15) is 11.9 Å². The second kappa shape index (κ2) is 8.83. The summed E-state index contributed by atoms with van der Waals surface area (Å²) in [5.41, 5.74) is 0.778. The average molecular weight is 389 g/mol. The second-order valence-electron chi connectivity index (χ2n) is 6.15. The zero-order valence-corrected chi connectivity index (χ0v) is 15.7. The van der Waals surface area contributed by atoms with Crippen molar-refractivity contribution in [2.75, 3.05) is 38.6 Å². The summed E-state index contributed by atoms with van der Waals surface area (Å²) in [7, 11) is 1.37. The molecule has 2 aromatic rings. The van der Waals surface area contributed by atoms with Crippen LogP contribution in [0, 0.1) is 0 Å². The Hall–Kier alpha value is -2.64. The molecule has 27 heavy (non-hydrogen) atoms. The fourth-order valence-corrected chi connectivity index (χ4v) is 3.29. The average Bonchev–Trinajstić information content (AvgIpc) is 2.69. The first kappa shape index (κ1) is 19.1. The topological polar surface area (TPSA) is 74.8 Å². The Morgan fingerprint density at radius 1 is 1.15 bits per heavy atom. The van der Waals surface area contributed by atoms with E-state index in [1.165, 1.54) is 7.11 Å². The molecule has 0 aliphatic carbocycles. The van der Waals surface area contributed by atoms with Crippen LogP contribution >= 0.6 is 11.6 Å². The predicted molar refractivity (Wildman–Crippen MR) is 103 cm³/mol. The fraction of sp³-hybridized carbons (Fsp3) is 0.316. The van der Waals surface area contributed by atoms with Crippen LogP contribution in [0.25, 0.3) is 0 Å². The number of piperazine rings is 1. The van der Waals surface area contributed by atoms with Crippen molar-refractivity contribution in [1.29, 1.82) is 0 Å². The third-order valence-corrected chi connectivity index (χ3v) is 4.69. The number of benzene rings is 1. The first-order valence-corrected chi connectivity index (χ1v) is 9.00. The molecule has 0 saturated carbocycles. The molecule has 0 radical (unpaired) electrons. The SMILES string of the molecule is COC(=O)[C@H](c1cccc(Cl)c1)N1CCN(C(=O)Nc2ccccn2)CC1. The first-order chi connectivity index (χ1) is 13.1. The number of halogens is 1. The van der Waals surface area contributed by atoms with Gasteiger partial charge in [-0.25, -0.2) is 14.6 Å². The molecular weight excluding hydrogens is 368 g/mol. The Morgan fingerprint density at radius 3 is 2.56 bits per heavy atom. The van der Waals surface area contributed by atoms with Crippen molar-refractivity contribution in [2.45, 2.75) is 6.04 Å². The van der Waals surface area contributed by atoms with Gasteiger partial charge in [0.15, 0.2) is 0 Å². The normalized spacial score (nSPS) is 15.9. The first-order valence-electron chi connectivity index (χ1n) is 8.63. The van der Waals surface area contributed by atoms with Gasteiger partial charge in [-0.2, -0.15) is 0 Å². The third kappa shape index (κ3) is 4.75. The highest BCUT2D eigenvalue weighted by Gasteiger charge is 2.32. The second-order valence-corrected chi connectivity index (χ2v) is 6.59. The molecule has 0 bridgehead atoms. The van der Waals surface area contributed by atoms with Crippen molar-refractivity contribution in [3.05, 3.63) is 59.2 Å². The van der Waals surface area contributed by atoms with E-state index in [-0.39, 0.29) is 12.0 Å². The van der Waals surface area contributed by atoms with Gasteiger partial charge in [0.05, 0.1) is 7.11 Å². The van der Waals surface area contributed by atoms with Crippen molar-refractivity contribution >= 4 is 29.4 Å². The molecule has 2 amide bonds. The smallest absolute Gasteiger partial charge is 0.327 e. The van der Waals surface area contributed by atoms with E-state index in [0.29, 0.717) is 37.0 Å². The van der Waals surface area contributed by atoms with Gasteiger partial charge in [-0.15, -0.1) is 0 Å². The molecule has 1 saturated heterocycles. The number of esters is 1. The van der Waals surface area contributed by atoms with E-state index >= 15 is 0 Å². The Bertz CT molecular complexity index is 795. The summed E-state index contributed by atoms with van der Waals surface area (Å²) >= 11 is 6.08. The monoisotopic (exact) mass is 388 g/mol. The van der Waals surface area contributed by atoms with Gasteiger partial charge in [0, 0.05) is 37.4 Å². The van der Waals surface area contributed by atoms with Gasteiger partial charge >= 0.3 is 12.0 Å². The Labute approximate surface area is 162 Å². The number of hydrogen-bond acceptors (Lipinski definition) is 5. The van der Waals surface area contributed by atoms with Crippen molar-refractivity contribution in [2.24, 2.45) is 0 Å². The lowest BCUT2D eigenvalue weighted by atomic mass is 10.0. The van der Waals surface area contributed by atoms with Gasteiger partial charge in [-0.3, -0.25) is 10.2 Å². The largest absolute Gasteiger partial charge is 0.468 e. The Morgan fingerprint density at radius 2 is 1.93 bits per heavy atom. The van der Waals surface area contributed by atoms with Crippen LogP contribution in [-0.4, -0.2) is 60.1 Å². The van der Waals surface area contributed by atoms with Crippen LogP contribution in [0.5, 0.6) is 0 Å². The van der Waals surface area contributed by atoms with E-state index in [0.717, 1.165) is 5.56 Å². The minimum atomic E-state index is -0.547. The lowest BCUT2D eigenvalue weighted by Crippen LogP contribution is -2.52. The molecule has 142 valence electrons. The van der Waals surface area contributed by atoms with Crippen molar-refractivity contribution in [3.63, 3.8) is 0 Å². The number of urea groups is 1. The number of amides is 2. The van der Waals surface area contributed by atoms with E-state index in [1.807, 2.05) is 23.1 Å². The maximum atomic E-state index is 12.4. The lowest BCUT2D eigenvalue weighted by Gasteiger charge is -2.38. The molecule has 2 heterocycles. The maximum absolute atomic E-state index is 12.4. The number of aromatic nitrogens is 1. The van der Waals surface area contributed by atoms with E-state index in [9.17, 15) is 9.59 Å². The van der Waals surface area contributed by atoms with Crippen molar-refractivity contribution in [1.82, 2.24) is 14.8 Å². The molecule has 1 aromatic heterocycles. The molecular formula is C19H21ClN4O3. The van der Waals surface area contributed by atoms with Crippen LogP contribution in [0.3, 0.4) is 0 Å². The van der Waals surface area contributed by atoms with Crippen LogP contribution in [-0.2, 0) is 9.53 Å². The minimum Gasteiger partial charge on any atom is -0.468 e. The quantitative estimate of drug-likeness (QED) is 0.815. The molecule has 1 N–H and O–H groups in total. The molecule has 7 nitrogen and oxygen atoms in total. The molecule has 3 rings (SSSR count). The summed E-state index contributed by atoms with van der Waals surface area (Å²) in [5.74, 6) is 0.167. The van der Waals surface area contributed by atoms with E-state index < -0.39 is 6.04 Å². The Balaban J connectivity index is 1.65. The van der Waals surface area contributed by atoms with Crippen LogP contribution in [0.2, 0.25) is 5.02 Å². The van der Waals surface area contributed by atoms with Gasteiger partial charge < -0.3 is 9.64 Å². The zero-order valence-electron chi connectivity index (χ0n) is 15.0. The fourth-order valence-electron chi connectivity index (χ4n) is 3.09. The summed E-state index contributed by atoms with van der Waals surface area (Å²) in [5, 5.41) is 3.34. The van der Waals surface area contributed by atoms with Crippen LogP contribution in [0.1, 0.15) is 11.6 Å². The van der Waals surface area contributed by atoms with E-state index in [4.69, 9.17) is 16.3 Å². The molecule has 8 heteroatoms.